The third-order valence-corrected chi connectivity index (χ3v) is 6.04. The molecule has 0 N–H and O–H groups in total. The first-order valence-corrected chi connectivity index (χ1v) is 11.3. The zero-order valence-corrected chi connectivity index (χ0v) is 19.0. The predicted octanol–water partition coefficient (Wildman–Crippen LogP) is 7.90. The molecule has 2 atom stereocenters. The molecule has 2 nitrogen and oxygen atoms in total. The highest BCUT2D eigenvalue weighted by molar-refractivity contribution is 6.38. The quantitative estimate of drug-likeness (QED) is 0.431. The highest BCUT2D eigenvalue weighted by Gasteiger charge is 2.33. The van der Waals surface area contributed by atoms with Crippen molar-refractivity contribution in [2.45, 2.75) is 77.9 Å². The van der Waals surface area contributed by atoms with E-state index >= 15 is 0 Å². The van der Waals surface area contributed by atoms with Crippen molar-refractivity contribution in [2.24, 2.45) is 5.92 Å². The number of hydrogen-bond acceptors (Lipinski definition) is 2. The molecule has 166 valence electrons. The highest BCUT2D eigenvalue weighted by atomic mass is 35.5. The van der Waals surface area contributed by atoms with Crippen molar-refractivity contribution in [1.82, 2.24) is 4.90 Å². The second-order valence-corrected chi connectivity index (χ2v) is 8.07. The van der Waals surface area contributed by atoms with Crippen LogP contribution >= 0.6 is 23.2 Å². The molecule has 0 spiro atoms. The predicted molar refractivity (Wildman–Crippen MR) is 115 cm³/mol. The maximum Gasteiger partial charge on any atom is 0.416 e. The molecule has 1 aliphatic heterocycles. The van der Waals surface area contributed by atoms with E-state index in [1.165, 1.54) is 58.0 Å². The van der Waals surface area contributed by atoms with Gasteiger partial charge in [0, 0.05) is 6.04 Å². The normalized spacial score (nSPS) is 21.8. The van der Waals surface area contributed by atoms with Gasteiger partial charge in [0.05, 0.1) is 21.2 Å². The van der Waals surface area contributed by atoms with Gasteiger partial charge in [0.1, 0.15) is 0 Å². The Morgan fingerprint density at radius 3 is 2.07 bits per heavy atom. The Kier molecular flexibility index (Phi) is 11.6. The number of alkyl halides is 3. The summed E-state index contributed by atoms with van der Waals surface area (Å²) in [6, 6.07) is 2.30. The van der Waals surface area contributed by atoms with Gasteiger partial charge in [0.2, 0.25) is 0 Å². The molecular formula is C22H32Cl2F3NO. The Labute approximate surface area is 182 Å². The Hall–Kier alpha value is -0.780. The van der Waals surface area contributed by atoms with Crippen LogP contribution in [0, 0.1) is 5.92 Å². The zero-order chi connectivity index (χ0) is 22.0. The Morgan fingerprint density at radius 2 is 1.62 bits per heavy atom. The molecule has 0 bridgehead atoms. The number of likely N-dealkylation sites (tertiary alicyclic amines) is 1. The molecular weight excluding hydrogens is 422 g/mol. The first kappa shape index (κ1) is 26.3. The third kappa shape index (κ3) is 7.76. The minimum Gasteiger partial charge on any atom is -0.300 e. The van der Waals surface area contributed by atoms with E-state index in [0.29, 0.717) is 18.4 Å². The molecule has 3 rings (SSSR count). The van der Waals surface area contributed by atoms with Crippen LogP contribution in [-0.2, 0) is 6.18 Å². The Morgan fingerprint density at radius 1 is 1.07 bits per heavy atom. The number of hydrogen-bond donors (Lipinski definition) is 0. The molecule has 0 amide bonds. The molecule has 0 radical (unpaired) electrons. The number of rotatable bonds is 4. The van der Waals surface area contributed by atoms with Crippen molar-refractivity contribution in [2.75, 3.05) is 13.1 Å². The van der Waals surface area contributed by atoms with Crippen molar-refractivity contribution in [1.29, 1.82) is 0 Å². The van der Waals surface area contributed by atoms with Crippen molar-refractivity contribution >= 4 is 29.5 Å². The molecule has 1 saturated carbocycles. The molecule has 7 heteroatoms. The van der Waals surface area contributed by atoms with Crippen LogP contribution in [0.5, 0.6) is 0 Å². The van der Waals surface area contributed by atoms with Gasteiger partial charge in [-0.25, -0.2) is 0 Å². The van der Waals surface area contributed by atoms with E-state index < -0.39 is 11.7 Å². The number of nitrogens with zero attached hydrogens (tertiary/aromatic N) is 1. The molecule has 2 aliphatic rings. The van der Waals surface area contributed by atoms with Crippen LogP contribution in [-0.4, -0.2) is 30.3 Å². The molecule has 2 unspecified atom stereocenters. The minimum atomic E-state index is -4.52. The van der Waals surface area contributed by atoms with Gasteiger partial charge in [-0.15, -0.1) is 0 Å². The van der Waals surface area contributed by atoms with E-state index in [4.69, 9.17) is 23.2 Å². The Bertz CT molecular complexity index is 608. The van der Waals surface area contributed by atoms with Gasteiger partial charge in [-0.3, -0.25) is 4.79 Å². The molecule has 2 fully saturated rings. The lowest BCUT2D eigenvalue weighted by molar-refractivity contribution is -0.137. The molecule has 1 aliphatic carbocycles. The zero-order valence-electron chi connectivity index (χ0n) is 17.5. The van der Waals surface area contributed by atoms with Crippen LogP contribution < -0.4 is 0 Å². The average Bonchev–Trinajstić information content (AvgIpc) is 3.34. The highest BCUT2D eigenvalue weighted by Crippen LogP contribution is 2.35. The van der Waals surface area contributed by atoms with E-state index in [2.05, 4.69) is 11.8 Å². The van der Waals surface area contributed by atoms with Gasteiger partial charge in [-0.2, -0.15) is 13.2 Å². The van der Waals surface area contributed by atoms with Crippen LogP contribution in [0.3, 0.4) is 0 Å². The number of aldehydes is 1. The van der Waals surface area contributed by atoms with E-state index in [1.807, 2.05) is 13.8 Å². The van der Waals surface area contributed by atoms with Crippen LogP contribution in [0.4, 0.5) is 13.2 Å². The summed E-state index contributed by atoms with van der Waals surface area (Å²) in [4.78, 5) is 13.1. The van der Waals surface area contributed by atoms with E-state index in [9.17, 15) is 18.0 Å². The van der Waals surface area contributed by atoms with Crippen LogP contribution in [0.25, 0.3) is 0 Å². The van der Waals surface area contributed by atoms with Gasteiger partial charge >= 0.3 is 6.18 Å². The summed E-state index contributed by atoms with van der Waals surface area (Å²) in [5, 5.41) is -0.611. The number of carbonyl (C=O) groups excluding carboxylic acids is 1. The fourth-order valence-electron chi connectivity index (χ4n) is 4.14. The lowest BCUT2D eigenvalue weighted by Crippen LogP contribution is -2.35. The topological polar surface area (TPSA) is 20.3 Å². The largest absolute Gasteiger partial charge is 0.416 e. The van der Waals surface area contributed by atoms with Crippen molar-refractivity contribution < 1.29 is 18.0 Å². The molecule has 1 saturated heterocycles. The summed E-state index contributed by atoms with van der Waals surface area (Å²) in [6.07, 6.45) is 6.05. The minimum absolute atomic E-state index is 0.138. The van der Waals surface area contributed by atoms with Crippen LogP contribution in [0.2, 0.25) is 10.0 Å². The molecule has 1 aromatic rings. The standard InChI is InChI=1S/C12H23N.C8H3Cl2F3O.C2H6/c1-2-6-11-7-5-8-12(11)13-9-3-4-10-13;9-6-1-4(8(11,12)13)2-7(10)5(6)3-14;1-2/h11-12H,2-10H2,1H3;1-3H;1-2H3. The maximum absolute atomic E-state index is 12.2. The van der Waals surface area contributed by atoms with Gasteiger partial charge < -0.3 is 4.90 Å². The second-order valence-electron chi connectivity index (χ2n) is 7.26. The molecule has 0 aromatic heterocycles. The molecule has 29 heavy (non-hydrogen) atoms. The molecule has 1 heterocycles. The van der Waals surface area contributed by atoms with Crippen molar-refractivity contribution in [3.05, 3.63) is 33.3 Å². The average molecular weight is 454 g/mol. The van der Waals surface area contributed by atoms with Crippen molar-refractivity contribution in [3.63, 3.8) is 0 Å². The summed E-state index contributed by atoms with van der Waals surface area (Å²) in [5.74, 6) is 1.04. The Balaban J connectivity index is 0.000000268. The van der Waals surface area contributed by atoms with Crippen LogP contribution in [0.1, 0.15) is 81.6 Å². The van der Waals surface area contributed by atoms with Crippen molar-refractivity contribution in [3.8, 4) is 0 Å². The second kappa shape index (κ2) is 12.8. The number of carbonyl (C=O) groups is 1. The molecule has 1 aromatic carbocycles. The third-order valence-electron chi connectivity index (χ3n) is 5.41. The SMILES string of the molecule is CC.CCCC1CCCC1N1CCCC1.O=Cc1c(Cl)cc(C(F)(F)F)cc1Cl. The fourth-order valence-corrected chi connectivity index (χ4v) is 4.72. The smallest absolute Gasteiger partial charge is 0.300 e. The first-order valence-electron chi connectivity index (χ1n) is 10.5. The van der Waals surface area contributed by atoms with E-state index in [0.717, 1.165) is 12.0 Å². The lowest BCUT2D eigenvalue weighted by Gasteiger charge is -2.28. The van der Waals surface area contributed by atoms with Crippen LogP contribution in [0.15, 0.2) is 12.1 Å². The maximum atomic E-state index is 12.2. The van der Waals surface area contributed by atoms with Gasteiger partial charge in [-0.1, -0.05) is 56.8 Å². The number of halogens is 5. The van der Waals surface area contributed by atoms with Gasteiger partial charge in [-0.05, 0) is 63.2 Å². The van der Waals surface area contributed by atoms with Gasteiger partial charge in [0.15, 0.2) is 6.29 Å². The summed E-state index contributed by atoms with van der Waals surface area (Å²) in [7, 11) is 0. The van der Waals surface area contributed by atoms with E-state index in [-0.39, 0.29) is 15.6 Å². The first-order chi connectivity index (χ1) is 13.8. The van der Waals surface area contributed by atoms with E-state index in [1.54, 1.807) is 0 Å². The monoisotopic (exact) mass is 453 g/mol. The fraction of sp³-hybridized carbons (Fsp3) is 0.682. The summed E-state index contributed by atoms with van der Waals surface area (Å²) < 4.78 is 36.5. The summed E-state index contributed by atoms with van der Waals surface area (Å²) in [6.45, 7) is 9.12. The summed E-state index contributed by atoms with van der Waals surface area (Å²) >= 11 is 10.9. The number of benzene rings is 1. The van der Waals surface area contributed by atoms with Gasteiger partial charge in [0.25, 0.3) is 0 Å². The summed E-state index contributed by atoms with van der Waals surface area (Å²) in [5.41, 5.74) is -1.11. The lowest BCUT2D eigenvalue weighted by atomic mass is 9.97.